The Morgan fingerprint density at radius 1 is 1.32 bits per heavy atom. The van der Waals surface area contributed by atoms with E-state index in [1.807, 2.05) is 6.92 Å². The standard InChI is InChI=1S/C20H24N4O3S/c1-3-27-19(26)15-8-10-23(11-9-15)16(14-6-4-13(2)5-7-14)17-18(25)24-20(28-17)21-12-22-24/h4-7,12,15-16,25H,3,8-11H2,1-2H3/t16-/m1/s1. The molecule has 3 aromatic rings. The van der Waals surface area contributed by atoms with Crippen LogP contribution in [0.15, 0.2) is 30.6 Å². The van der Waals surface area contributed by atoms with Gasteiger partial charge in [-0.25, -0.2) is 4.98 Å². The number of esters is 1. The molecule has 3 heterocycles. The van der Waals surface area contributed by atoms with Crippen molar-refractivity contribution < 1.29 is 14.6 Å². The zero-order chi connectivity index (χ0) is 19.7. The van der Waals surface area contributed by atoms with Crippen LogP contribution in [0.2, 0.25) is 0 Å². The van der Waals surface area contributed by atoms with Crippen molar-refractivity contribution in [3.63, 3.8) is 0 Å². The zero-order valence-corrected chi connectivity index (χ0v) is 16.9. The fourth-order valence-electron chi connectivity index (χ4n) is 3.80. The number of rotatable bonds is 5. The number of benzene rings is 1. The topological polar surface area (TPSA) is 80.0 Å². The molecule has 0 amide bonds. The van der Waals surface area contributed by atoms with E-state index in [2.05, 4.69) is 46.2 Å². The highest BCUT2D eigenvalue weighted by Crippen LogP contribution is 2.41. The Morgan fingerprint density at radius 2 is 2.04 bits per heavy atom. The van der Waals surface area contributed by atoms with Crippen molar-refractivity contribution in [2.45, 2.75) is 32.7 Å². The predicted molar refractivity (Wildman–Crippen MR) is 106 cm³/mol. The molecule has 2 aromatic heterocycles. The van der Waals surface area contributed by atoms with Gasteiger partial charge in [0.1, 0.15) is 6.33 Å². The maximum absolute atomic E-state index is 12.1. The average molecular weight is 401 g/mol. The largest absolute Gasteiger partial charge is 0.492 e. The van der Waals surface area contributed by atoms with Crippen LogP contribution in [0.5, 0.6) is 5.88 Å². The van der Waals surface area contributed by atoms with Gasteiger partial charge in [-0.2, -0.15) is 9.61 Å². The van der Waals surface area contributed by atoms with Crippen LogP contribution in [0.4, 0.5) is 0 Å². The van der Waals surface area contributed by atoms with Gasteiger partial charge in [-0.1, -0.05) is 41.2 Å². The van der Waals surface area contributed by atoms with E-state index in [1.54, 1.807) is 0 Å². The molecule has 0 saturated carbocycles. The van der Waals surface area contributed by atoms with Gasteiger partial charge in [0.05, 0.1) is 23.4 Å². The van der Waals surface area contributed by atoms with Gasteiger partial charge < -0.3 is 9.84 Å². The second kappa shape index (κ2) is 7.89. The predicted octanol–water partition coefficient (Wildman–Crippen LogP) is 3.17. The van der Waals surface area contributed by atoms with Crippen LogP contribution in [-0.2, 0) is 9.53 Å². The van der Waals surface area contributed by atoms with Gasteiger partial charge in [-0.15, -0.1) is 0 Å². The second-order valence-corrected chi connectivity index (χ2v) is 8.13. The van der Waals surface area contributed by atoms with Gasteiger partial charge in [-0.3, -0.25) is 9.69 Å². The Labute approximate surface area is 167 Å². The molecule has 7 nitrogen and oxygen atoms in total. The molecule has 0 unspecified atom stereocenters. The number of thiazole rings is 1. The van der Waals surface area contributed by atoms with Gasteiger partial charge in [0.15, 0.2) is 0 Å². The fourth-order valence-corrected chi connectivity index (χ4v) is 4.89. The number of carbonyl (C=O) groups is 1. The number of carbonyl (C=O) groups excluding carboxylic acids is 1. The Balaban J connectivity index is 1.64. The molecule has 1 saturated heterocycles. The number of piperidine rings is 1. The number of aromatic hydroxyl groups is 1. The zero-order valence-electron chi connectivity index (χ0n) is 16.0. The molecule has 1 aromatic carbocycles. The molecule has 0 bridgehead atoms. The van der Waals surface area contributed by atoms with Crippen LogP contribution in [0.3, 0.4) is 0 Å². The van der Waals surface area contributed by atoms with E-state index < -0.39 is 0 Å². The minimum atomic E-state index is -0.101. The summed E-state index contributed by atoms with van der Waals surface area (Å²) < 4.78 is 6.67. The van der Waals surface area contributed by atoms with E-state index >= 15 is 0 Å². The average Bonchev–Trinajstić information content (AvgIpc) is 3.28. The van der Waals surface area contributed by atoms with Crippen LogP contribution in [-0.4, -0.2) is 50.3 Å². The summed E-state index contributed by atoms with van der Waals surface area (Å²) in [6.45, 7) is 5.83. The number of fused-ring (bicyclic) bond motifs is 1. The number of likely N-dealkylation sites (tertiary alicyclic amines) is 1. The smallest absolute Gasteiger partial charge is 0.309 e. The van der Waals surface area contributed by atoms with E-state index in [9.17, 15) is 9.90 Å². The quantitative estimate of drug-likeness (QED) is 0.663. The number of hydrogen-bond donors (Lipinski definition) is 1. The number of aromatic nitrogens is 3. The Kier molecular flexibility index (Phi) is 5.32. The fraction of sp³-hybridized carbons (Fsp3) is 0.450. The molecule has 1 atom stereocenters. The molecule has 1 aliphatic heterocycles. The summed E-state index contributed by atoms with van der Waals surface area (Å²) in [7, 11) is 0. The van der Waals surface area contributed by atoms with Crippen molar-refractivity contribution in [3.05, 3.63) is 46.6 Å². The molecule has 0 radical (unpaired) electrons. The van der Waals surface area contributed by atoms with Crippen molar-refractivity contribution >= 4 is 22.3 Å². The number of ether oxygens (including phenoxy) is 1. The van der Waals surface area contributed by atoms with Gasteiger partial charge in [0.2, 0.25) is 10.8 Å². The van der Waals surface area contributed by atoms with Gasteiger partial charge in [0.25, 0.3) is 0 Å². The van der Waals surface area contributed by atoms with Crippen LogP contribution in [0, 0.1) is 12.8 Å². The van der Waals surface area contributed by atoms with E-state index in [4.69, 9.17) is 4.74 Å². The molecule has 4 rings (SSSR count). The molecule has 8 heteroatoms. The Morgan fingerprint density at radius 3 is 2.68 bits per heavy atom. The molecule has 0 spiro atoms. The first-order chi connectivity index (χ1) is 13.6. The highest BCUT2D eigenvalue weighted by molar-refractivity contribution is 7.17. The van der Waals surface area contributed by atoms with E-state index in [1.165, 1.54) is 27.7 Å². The molecule has 0 aliphatic carbocycles. The van der Waals surface area contributed by atoms with Crippen molar-refractivity contribution in [1.29, 1.82) is 0 Å². The monoisotopic (exact) mass is 400 g/mol. The van der Waals surface area contributed by atoms with Crippen molar-refractivity contribution in [2.75, 3.05) is 19.7 Å². The SMILES string of the molecule is CCOC(=O)C1CCN([C@H](c2ccc(C)cc2)c2sc3ncnn3c2O)CC1. The first kappa shape index (κ1) is 18.9. The van der Waals surface area contributed by atoms with Gasteiger partial charge >= 0.3 is 5.97 Å². The lowest BCUT2D eigenvalue weighted by molar-refractivity contribution is -0.149. The van der Waals surface area contributed by atoms with Crippen LogP contribution < -0.4 is 0 Å². The Hall–Kier alpha value is -2.45. The van der Waals surface area contributed by atoms with E-state index in [0.29, 0.717) is 11.6 Å². The molecule has 1 aliphatic rings. The lowest BCUT2D eigenvalue weighted by atomic mass is 9.93. The number of hydrogen-bond acceptors (Lipinski definition) is 7. The molecular formula is C20H24N4O3S. The van der Waals surface area contributed by atoms with E-state index in [-0.39, 0.29) is 23.8 Å². The highest BCUT2D eigenvalue weighted by Gasteiger charge is 2.34. The molecule has 28 heavy (non-hydrogen) atoms. The maximum atomic E-state index is 12.1. The van der Waals surface area contributed by atoms with Gasteiger partial charge in [-0.05, 0) is 45.3 Å². The second-order valence-electron chi connectivity index (χ2n) is 7.12. The molecular weight excluding hydrogens is 376 g/mol. The minimum absolute atomic E-state index is 0.0502. The Bertz CT molecular complexity index is 958. The summed E-state index contributed by atoms with van der Waals surface area (Å²) in [4.78, 5) is 20.1. The summed E-state index contributed by atoms with van der Waals surface area (Å²) in [6, 6.07) is 8.28. The van der Waals surface area contributed by atoms with Crippen LogP contribution in [0.1, 0.15) is 41.8 Å². The van der Waals surface area contributed by atoms with Gasteiger partial charge in [0, 0.05) is 0 Å². The number of aryl methyl sites for hydroxylation is 1. The van der Waals surface area contributed by atoms with Crippen LogP contribution >= 0.6 is 11.3 Å². The maximum Gasteiger partial charge on any atom is 0.309 e. The third kappa shape index (κ3) is 3.49. The summed E-state index contributed by atoms with van der Waals surface area (Å²) in [6.07, 6.45) is 2.95. The third-order valence-corrected chi connectivity index (χ3v) is 6.38. The number of nitrogens with zero attached hydrogens (tertiary/aromatic N) is 4. The summed E-state index contributed by atoms with van der Waals surface area (Å²) in [5, 5.41) is 14.9. The van der Waals surface area contributed by atoms with Crippen molar-refractivity contribution in [3.8, 4) is 5.88 Å². The van der Waals surface area contributed by atoms with Crippen molar-refractivity contribution in [2.24, 2.45) is 5.92 Å². The van der Waals surface area contributed by atoms with Crippen LogP contribution in [0.25, 0.3) is 4.96 Å². The lowest BCUT2D eigenvalue weighted by Gasteiger charge is -2.36. The first-order valence-electron chi connectivity index (χ1n) is 9.57. The van der Waals surface area contributed by atoms with Crippen molar-refractivity contribution in [1.82, 2.24) is 19.5 Å². The van der Waals surface area contributed by atoms with E-state index in [0.717, 1.165) is 36.4 Å². The summed E-state index contributed by atoms with van der Waals surface area (Å²) in [5.41, 5.74) is 2.30. The first-order valence-corrected chi connectivity index (χ1v) is 10.4. The minimum Gasteiger partial charge on any atom is -0.492 e. The molecule has 148 valence electrons. The third-order valence-electron chi connectivity index (χ3n) is 5.29. The summed E-state index contributed by atoms with van der Waals surface area (Å²) in [5.74, 6) is -0.0166. The molecule has 1 fully saturated rings. The lowest BCUT2D eigenvalue weighted by Crippen LogP contribution is -2.39. The summed E-state index contributed by atoms with van der Waals surface area (Å²) >= 11 is 1.45. The highest BCUT2D eigenvalue weighted by atomic mass is 32.1. The molecule has 1 N–H and O–H groups in total. The normalized spacial score (nSPS) is 17.1.